The van der Waals surface area contributed by atoms with E-state index in [1.165, 1.54) is 37.7 Å². The summed E-state index contributed by atoms with van der Waals surface area (Å²) in [5, 5.41) is 5.55. The Morgan fingerprint density at radius 1 is 1.07 bits per heavy atom. The van der Waals surface area contributed by atoms with Crippen molar-refractivity contribution in [3.8, 4) is 0 Å². The first kappa shape index (κ1) is 26.8. The molecule has 1 aromatic carbocycles. The number of anilines is 1. The molecule has 1 aliphatic rings. The molecule has 0 radical (unpaired) electrons. The topological polar surface area (TPSA) is 63.8 Å². The van der Waals surface area contributed by atoms with E-state index in [0.29, 0.717) is 12.6 Å². The molecule has 0 saturated heterocycles. The zero-order valence-electron chi connectivity index (χ0n) is 18.4. The van der Waals surface area contributed by atoms with Gasteiger partial charge in [-0.15, -0.1) is 11.3 Å². The lowest BCUT2D eigenvalue weighted by Gasteiger charge is -2.15. The summed E-state index contributed by atoms with van der Waals surface area (Å²) in [4.78, 5) is 8.49. The summed E-state index contributed by atoms with van der Waals surface area (Å²) in [6.07, 6.45) is 6.66. The van der Waals surface area contributed by atoms with Gasteiger partial charge >= 0.3 is 0 Å². The fraction of sp³-hybridized carbons (Fsp3) is 0.478. The normalized spacial score (nSPS) is 13.2. The Labute approximate surface area is 198 Å². The Balaban J connectivity index is 0.000000343. The molecule has 3 aromatic rings. The molecular weight excluding hydrogens is 480 g/mol. The molecular formula is C23H34BrClN4S. The highest BCUT2D eigenvalue weighted by Crippen LogP contribution is 2.34. The number of rotatable bonds is 3. The van der Waals surface area contributed by atoms with Gasteiger partial charge in [-0.25, -0.2) is 4.98 Å². The van der Waals surface area contributed by atoms with Crippen LogP contribution in [0.3, 0.4) is 0 Å². The Morgan fingerprint density at radius 2 is 1.70 bits per heavy atom. The summed E-state index contributed by atoms with van der Waals surface area (Å²) in [5.74, 6) is 0.773. The first-order valence-electron chi connectivity index (χ1n) is 10.8. The summed E-state index contributed by atoms with van der Waals surface area (Å²) in [6.45, 7) is 8.71. The Morgan fingerprint density at radius 3 is 2.27 bits per heavy atom. The summed E-state index contributed by atoms with van der Waals surface area (Å²) >= 11 is 11.0. The second-order valence-electron chi connectivity index (χ2n) is 6.34. The number of halogens is 2. The van der Waals surface area contributed by atoms with Crippen LogP contribution in [0.15, 0.2) is 40.2 Å². The highest BCUT2D eigenvalue weighted by Gasteiger charge is 2.11. The fourth-order valence-electron chi connectivity index (χ4n) is 2.90. The van der Waals surface area contributed by atoms with E-state index in [4.69, 9.17) is 17.3 Å². The SMILES string of the molecule is CC.CC.Clc1nc(NCc2ccccc2)c2scc(Br)c2n1.NC1CCCCC1. The molecule has 1 aliphatic carbocycles. The fourth-order valence-corrected chi connectivity index (χ4v) is 4.60. The number of nitrogens with one attached hydrogen (secondary N) is 1. The van der Waals surface area contributed by atoms with Crippen molar-refractivity contribution in [2.45, 2.75) is 72.4 Å². The predicted octanol–water partition coefficient (Wildman–Crippen LogP) is 8.05. The third-order valence-electron chi connectivity index (χ3n) is 4.30. The van der Waals surface area contributed by atoms with E-state index in [9.17, 15) is 0 Å². The average Bonchev–Trinajstić information content (AvgIpc) is 3.17. The molecule has 166 valence electrons. The third-order valence-corrected chi connectivity index (χ3v) is 6.35. The van der Waals surface area contributed by atoms with E-state index in [1.807, 2.05) is 51.3 Å². The van der Waals surface area contributed by atoms with Crippen LogP contribution in [0.1, 0.15) is 65.4 Å². The van der Waals surface area contributed by atoms with Crippen molar-refractivity contribution in [1.29, 1.82) is 0 Å². The average molecular weight is 514 g/mol. The van der Waals surface area contributed by atoms with Gasteiger partial charge in [-0.3, -0.25) is 0 Å². The molecule has 0 bridgehead atoms. The van der Waals surface area contributed by atoms with Gasteiger partial charge in [-0.2, -0.15) is 4.98 Å². The van der Waals surface area contributed by atoms with Crippen LogP contribution in [0.5, 0.6) is 0 Å². The number of aromatic nitrogens is 2. The number of hydrogen-bond acceptors (Lipinski definition) is 5. The van der Waals surface area contributed by atoms with Crippen molar-refractivity contribution in [3.63, 3.8) is 0 Å². The molecule has 4 rings (SSSR count). The molecule has 30 heavy (non-hydrogen) atoms. The molecule has 2 heterocycles. The van der Waals surface area contributed by atoms with Crippen LogP contribution >= 0.6 is 38.9 Å². The van der Waals surface area contributed by atoms with Crippen LogP contribution in [0.2, 0.25) is 5.28 Å². The number of nitrogens with two attached hydrogens (primary N) is 1. The molecule has 0 atom stereocenters. The number of nitrogens with zero attached hydrogens (tertiary/aromatic N) is 2. The molecule has 2 aromatic heterocycles. The maximum absolute atomic E-state index is 5.96. The van der Waals surface area contributed by atoms with E-state index in [1.54, 1.807) is 11.3 Å². The highest BCUT2D eigenvalue weighted by molar-refractivity contribution is 9.10. The van der Waals surface area contributed by atoms with Gasteiger partial charge < -0.3 is 11.1 Å². The first-order valence-corrected chi connectivity index (χ1v) is 12.8. The summed E-state index contributed by atoms with van der Waals surface area (Å²) in [6, 6.07) is 10.7. The molecule has 0 unspecified atom stereocenters. The highest BCUT2D eigenvalue weighted by atomic mass is 79.9. The van der Waals surface area contributed by atoms with Gasteiger partial charge in [0.05, 0.1) is 9.17 Å². The van der Waals surface area contributed by atoms with Crippen molar-refractivity contribution in [1.82, 2.24) is 9.97 Å². The van der Waals surface area contributed by atoms with Crippen molar-refractivity contribution in [2.75, 3.05) is 5.32 Å². The van der Waals surface area contributed by atoms with Gasteiger partial charge in [0.2, 0.25) is 5.28 Å². The first-order chi connectivity index (χ1) is 14.6. The van der Waals surface area contributed by atoms with Crippen molar-refractivity contribution >= 4 is 54.9 Å². The van der Waals surface area contributed by atoms with Crippen LogP contribution in [0.25, 0.3) is 10.2 Å². The molecule has 1 fully saturated rings. The Kier molecular flexibility index (Phi) is 13.9. The Hall–Kier alpha value is -1.21. The predicted molar refractivity (Wildman–Crippen MR) is 138 cm³/mol. The quantitative estimate of drug-likeness (QED) is 0.348. The standard InChI is InChI=1S/C13H9BrClN3S.C6H13N.2C2H6/c14-9-7-19-11-10(9)17-13(15)18-12(11)16-6-8-4-2-1-3-5-8;7-6-4-2-1-3-5-6;2*1-2/h1-5,7H,6H2,(H,16,17,18);6H,1-5,7H2;2*1-2H3. The summed E-state index contributed by atoms with van der Waals surface area (Å²) in [5.41, 5.74) is 7.68. The zero-order valence-corrected chi connectivity index (χ0v) is 21.6. The minimum absolute atomic E-state index is 0.252. The van der Waals surface area contributed by atoms with Crippen molar-refractivity contribution in [2.24, 2.45) is 5.73 Å². The van der Waals surface area contributed by atoms with Gasteiger partial charge in [0.25, 0.3) is 0 Å². The second-order valence-corrected chi connectivity index (χ2v) is 8.41. The lowest BCUT2D eigenvalue weighted by molar-refractivity contribution is 0.441. The number of benzene rings is 1. The van der Waals surface area contributed by atoms with E-state index in [0.717, 1.165) is 20.5 Å². The molecule has 3 N–H and O–H groups in total. The number of fused-ring (bicyclic) bond motifs is 1. The minimum Gasteiger partial charge on any atom is -0.365 e. The van der Waals surface area contributed by atoms with Gasteiger partial charge in [0.15, 0.2) is 0 Å². The molecule has 0 amide bonds. The molecule has 0 aliphatic heterocycles. The largest absolute Gasteiger partial charge is 0.365 e. The van der Waals surface area contributed by atoms with E-state index in [2.05, 4.69) is 43.3 Å². The van der Waals surface area contributed by atoms with E-state index in [-0.39, 0.29) is 5.28 Å². The third kappa shape index (κ3) is 8.88. The van der Waals surface area contributed by atoms with Crippen molar-refractivity contribution < 1.29 is 0 Å². The number of hydrogen-bond donors (Lipinski definition) is 2. The van der Waals surface area contributed by atoms with Crippen LogP contribution in [0, 0.1) is 0 Å². The van der Waals surface area contributed by atoms with Gasteiger partial charge in [-0.05, 0) is 45.9 Å². The smallest absolute Gasteiger partial charge is 0.225 e. The molecule has 1 saturated carbocycles. The minimum atomic E-state index is 0.252. The van der Waals surface area contributed by atoms with Crippen molar-refractivity contribution in [3.05, 3.63) is 51.0 Å². The summed E-state index contributed by atoms with van der Waals surface area (Å²) < 4.78 is 1.95. The van der Waals surface area contributed by atoms with Gasteiger partial charge in [-0.1, -0.05) is 77.3 Å². The van der Waals surface area contributed by atoms with Crippen LogP contribution < -0.4 is 11.1 Å². The molecule has 7 heteroatoms. The second kappa shape index (κ2) is 15.6. The molecule has 4 nitrogen and oxygen atoms in total. The lowest BCUT2D eigenvalue weighted by Crippen LogP contribution is -2.22. The summed E-state index contributed by atoms with van der Waals surface area (Å²) in [7, 11) is 0. The van der Waals surface area contributed by atoms with Gasteiger partial charge in [0, 0.05) is 18.0 Å². The van der Waals surface area contributed by atoms with Crippen LogP contribution in [0.4, 0.5) is 5.82 Å². The van der Waals surface area contributed by atoms with E-state index < -0.39 is 0 Å². The van der Waals surface area contributed by atoms with Gasteiger partial charge in [0.1, 0.15) is 11.3 Å². The van der Waals surface area contributed by atoms with Crippen LogP contribution in [-0.2, 0) is 6.54 Å². The number of thiophene rings is 1. The zero-order chi connectivity index (χ0) is 22.4. The molecule has 0 spiro atoms. The van der Waals surface area contributed by atoms with E-state index >= 15 is 0 Å². The Bertz CT molecular complexity index is 836. The maximum atomic E-state index is 5.96. The maximum Gasteiger partial charge on any atom is 0.225 e. The lowest BCUT2D eigenvalue weighted by atomic mass is 9.97. The van der Waals surface area contributed by atoms with Crippen LogP contribution in [-0.4, -0.2) is 16.0 Å². The monoisotopic (exact) mass is 512 g/mol.